The second kappa shape index (κ2) is 10.3. The lowest BCUT2D eigenvalue weighted by Gasteiger charge is -2.32. The van der Waals surface area contributed by atoms with Crippen LogP contribution in [0.4, 0.5) is 14.6 Å². The standard InChI is InChI=1S/C29H30F2N6O2/c1-17(2)26-34-28(39-35-26)18-7-11-36(12-8-18)27-23-15-20(30)14-22(25(23)32-16-33-27)19-5-6-21(24(31)13-19)29(38)37-9-3-4-10-37/h5-6,13-18H,3-4,7-12H2,1-2H3. The first-order valence-electron chi connectivity index (χ1n) is 13.5. The van der Waals surface area contributed by atoms with Gasteiger partial charge in [-0.25, -0.2) is 18.7 Å². The number of piperidine rings is 1. The maximum atomic E-state index is 15.1. The van der Waals surface area contributed by atoms with Crippen molar-refractivity contribution in [3.05, 3.63) is 65.6 Å². The van der Waals surface area contributed by atoms with E-state index in [0.717, 1.165) is 25.7 Å². The van der Waals surface area contributed by atoms with Crippen LogP contribution in [0, 0.1) is 11.6 Å². The van der Waals surface area contributed by atoms with Crippen molar-refractivity contribution in [1.82, 2.24) is 25.0 Å². The minimum atomic E-state index is -0.625. The number of hydrogen-bond acceptors (Lipinski definition) is 7. The van der Waals surface area contributed by atoms with Crippen molar-refractivity contribution < 1.29 is 18.1 Å². The van der Waals surface area contributed by atoms with Crippen molar-refractivity contribution in [2.75, 3.05) is 31.1 Å². The number of anilines is 1. The molecule has 0 N–H and O–H groups in total. The molecule has 2 fully saturated rings. The van der Waals surface area contributed by atoms with E-state index in [1.165, 1.54) is 30.6 Å². The van der Waals surface area contributed by atoms with Crippen LogP contribution in [0.25, 0.3) is 22.0 Å². The molecule has 0 atom stereocenters. The van der Waals surface area contributed by atoms with Crippen LogP contribution in [0.3, 0.4) is 0 Å². The molecule has 2 saturated heterocycles. The maximum Gasteiger partial charge on any atom is 0.256 e. The summed E-state index contributed by atoms with van der Waals surface area (Å²) in [7, 11) is 0. The van der Waals surface area contributed by atoms with Crippen molar-refractivity contribution in [3.8, 4) is 11.1 Å². The van der Waals surface area contributed by atoms with Gasteiger partial charge in [0.05, 0.1) is 11.1 Å². The molecule has 0 unspecified atom stereocenters. The molecule has 4 aromatic rings. The van der Waals surface area contributed by atoms with Gasteiger partial charge in [0.25, 0.3) is 5.91 Å². The molecular formula is C29H30F2N6O2. The van der Waals surface area contributed by atoms with Crippen LogP contribution in [0.2, 0.25) is 0 Å². The normalized spacial score (nSPS) is 16.5. The Morgan fingerprint density at radius 2 is 1.79 bits per heavy atom. The highest BCUT2D eigenvalue weighted by atomic mass is 19.1. The Morgan fingerprint density at radius 1 is 1.03 bits per heavy atom. The molecule has 10 heteroatoms. The van der Waals surface area contributed by atoms with E-state index in [1.807, 2.05) is 13.8 Å². The number of fused-ring (bicyclic) bond motifs is 1. The molecule has 2 aliphatic rings. The van der Waals surface area contributed by atoms with E-state index in [0.29, 0.717) is 65.7 Å². The highest BCUT2D eigenvalue weighted by Crippen LogP contribution is 2.36. The highest BCUT2D eigenvalue weighted by Gasteiger charge is 2.28. The Labute approximate surface area is 225 Å². The summed E-state index contributed by atoms with van der Waals surface area (Å²) in [6.45, 7) is 6.70. The first-order valence-corrected chi connectivity index (χ1v) is 13.5. The van der Waals surface area contributed by atoms with E-state index >= 15 is 4.39 Å². The van der Waals surface area contributed by atoms with Gasteiger partial charge in [-0.05, 0) is 55.5 Å². The van der Waals surface area contributed by atoms with Crippen molar-refractivity contribution in [3.63, 3.8) is 0 Å². The van der Waals surface area contributed by atoms with Crippen LogP contribution in [0.5, 0.6) is 0 Å². The van der Waals surface area contributed by atoms with Gasteiger partial charge in [0.2, 0.25) is 5.89 Å². The van der Waals surface area contributed by atoms with Gasteiger partial charge >= 0.3 is 0 Å². The molecule has 202 valence electrons. The molecule has 6 rings (SSSR count). The fraction of sp³-hybridized carbons (Fsp3) is 0.414. The summed E-state index contributed by atoms with van der Waals surface area (Å²) in [6, 6.07) is 7.21. The summed E-state index contributed by atoms with van der Waals surface area (Å²) in [6.07, 6.45) is 4.91. The predicted molar refractivity (Wildman–Crippen MR) is 143 cm³/mol. The van der Waals surface area contributed by atoms with Gasteiger partial charge in [0, 0.05) is 49.0 Å². The summed E-state index contributed by atoms with van der Waals surface area (Å²) in [5, 5.41) is 4.65. The third kappa shape index (κ3) is 4.84. The van der Waals surface area contributed by atoms with Crippen molar-refractivity contribution in [1.29, 1.82) is 0 Å². The number of halogens is 2. The lowest BCUT2D eigenvalue weighted by Crippen LogP contribution is -2.33. The Bertz CT molecular complexity index is 1520. The first-order chi connectivity index (χ1) is 18.9. The topological polar surface area (TPSA) is 88.2 Å². The van der Waals surface area contributed by atoms with Gasteiger partial charge < -0.3 is 14.3 Å². The number of amides is 1. The van der Waals surface area contributed by atoms with Gasteiger partial charge in [-0.1, -0.05) is 25.1 Å². The smallest absolute Gasteiger partial charge is 0.256 e. The highest BCUT2D eigenvalue weighted by molar-refractivity contribution is 6.00. The molecule has 0 aliphatic carbocycles. The average Bonchev–Trinajstić information content (AvgIpc) is 3.65. The number of nitrogens with zero attached hydrogens (tertiary/aromatic N) is 6. The summed E-state index contributed by atoms with van der Waals surface area (Å²) >= 11 is 0. The van der Waals surface area contributed by atoms with Gasteiger partial charge in [-0.2, -0.15) is 4.98 Å². The van der Waals surface area contributed by atoms with Crippen LogP contribution in [0.15, 0.2) is 41.2 Å². The maximum absolute atomic E-state index is 15.1. The van der Waals surface area contributed by atoms with E-state index in [2.05, 4.69) is 25.0 Å². The Hall–Kier alpha value is -3.95. The number of carbonyl (C=O) groups excluding carboxylic acids is 1. The molecule has 0 saturated carbocycles. The molecule has 4 heterocycles. The SMILES string of the molecule is CC(C)c1noc(C2CCN(c3ncnc4c(-c5ccc(C(=O)N6CCCC6)c(F)c5)cc(F)cc34)CC2)n1. The lowest BCUT2D eigenvalue weighted by molar-refractivity contribution is 0.0788. The number of benzene rings is 2. The summed E-state index contributed by atoms with van der Waals surface area (Å²) in [5.74, 6) is 0.965. The van der Waals surface area contributed by atoms with E-state index in [4.69, 9.17) is 4.52 Å². The van der Waals surface area contributed by atoms with Crippen molar-refractivity contribution in [2.45, 2.75) is 51.4 Å². The van der Waals surface area contributed by atoms with Crippen LogP contribution in [-0.4, -0.2) is 57.1 Å². The summed E-state index contributed by atoms with van der Waals surface area (Å²) in [4.78, 5) is 30.0. The molecule has 0 bridgehead atoms. The number of aromatic nitrogens is 4. The van der Waals surface area contributed by atoms with Gasteiger partial charge in [0.1, 0.15) is 23.8 Å². The van der Waals surface area contributed by atoms with Gasteiger partial charge in [0.15, 0.2) is 5.82 Å². The average molecular weight is 533 g/mol. The molecule has 2 aliphatic heterocycles. The predicted octanol–water partition coefficient (Wildman–Crippen LogP) is 5.70. The Morgan fingerprint density at radius 3 is 2.49 bits per heavy atom. The molecule has 1 amide bonds. The molecule has 0 radical (unpaired) electrons. The summed E-state index contributed by atoms with van der Waals surface area (Å²) < 4.78 is 35.6. The monoisotopic (exact) mass is 532 g/mol. The first kappa shape index (κ1) is 25.3. The third-order valence-corrected chi connectivity index (χ3v) is 7.70. The zero-order chi connectivity index (χ0) is 27.1. The fourth-order valence-electron chi connectivity index (χ4n) is 5.52. The van der Waals surface area contributed by atoms with Crippen LogP contribution >= 0.6 is 0 Å². The third-order valence-electron chi connectivity index (χ3n) is 7.70. The van der Waals surface area contributed by atoms with E-state index < -0.39 is 11.6 Å². The Balaban J connectivity index is 1.28. The fourth-order valence-corrected chi connectivity index (χ4v) is 5.52. The van der Waals surface area contributed by atoms with Crippen LogP contribution in [-0.2, 0) is 0 Å². The lowest BCUT2D eigenvalue weighted by atomic mass is 9.96. The molecule has 2 aromatic heterocycles. The Kier molecular flexibility index (Phi) is 6.70. The summed E-state index contributed by atoms with van der Waals surface area (Å²) in [5.41, 5.74) is 1.46. The number of hydrogen-bond donors (Lipinski definition) is 0. The van der Waals surface area contributed by atoms with E-state index in [1.54, 1.807) is 11.0 Å². The number of rotatable bonds is 5. The minimum absolute atomic E-state index is 0.0290. The van der Waals surface area contributed by atoms with Crippen molar-refractivity contribution >= 4 is 22.6 Å². The van der Waals surface area contributed by atoms with Gasteiger partial charge in [-0.15, -0.1) is 0 Å². The molecule has 39 heavy (non-hydrogen) atoms. The number of likely N-dealkylation sites (tertiary alicyclic amines) is 1. The molecule has 2 aromatic carbocycles. The van der Waals surface area contributed by atoms with E-state index in [9.17, 15) is 9.18 Å². The van der Waals surface area contributed by atoms with Crippen LogP contribution < -0.4 is 4.90 Å². The quantitative estimate of drug-likeness (QED) is 0.326. The molecular weight excluding hydrogens is 502 g/mol. The second-order valence-electron chi connectivity index (χ2n) is 10.6. The number of carbonyl (C=O) groups is 1. The minimum Gasteiger partial charge on any atom is -0.356 e. The molecule has 0 spiro atoms. The van der Waals surface area contributed by atoms with Gasteiger partial charge in [-0.3, -0.25) is 4.79 Å². The molecule has 8 nitrogen and oxygen atoms in total. The van der Waals surface area contributed by atoms with E-state index in [-0.39, 0.29) is 23.3 Å². The zero-order valence-electron chi connectivity index (χ0n) is 22.0. The largest absolute Gasteiger partial charge is 0.356 e. The second-order valence-corrected chi connectivity index (χ2v) is 10.6. The van der Waals surface area contributed by atoms with Crippen molar-refractivity contribution in [2.24, 2.45) is 0 Å². The van der Waals surface area contributed by atoms with Crippen LogP contribution in [0.1, 0.15) is 73.4 Å². The zero-order valence-corrected chi connectivity index (χ0v) is 22.0.